The third-order valence-corrected chi connectivity index (χ3v) is 5.43. The van der Waals surface area contributed by atoms with Gasteiger partial charge >= 0.3 is 0 Å². The van der Waals surface area contributed by atoms with Crippen molar-refractivity contribution in [2.24, 2.45) is 0 Å². The van der Waals surface area contributed by atoms with Gasteiger partial charge in [-0.3, -0.25) is 0 Å². The van der Waals surface area contributed by atoms with E-state index in [4.69, 9.17) is 0 Å². The molecule has 1 aromatic heterocycles. The lowest BCUT2D eigenvalue weighted by Crippen LogP contribution is -2.14. The van der Waals surface area contributed by atoms with Crippen LogP contribution in [0, 0.1) is 0 Å². The number of hydrogen-bond donors (Lipinski definition) is 1. The molecule has 1 unspecified atom stereocenters. The van der Waals surface area contributed by atoms with E-state index >= 15 is 0 Å². The van der Waals surface area contributed by atoms with Gasteiger partial charge in [0.1, 0.15) is 0 Å². The zero-order chi connectivity index (χ0) is 13.9. The quantitative estimate of drug-likeness (QED) is 0.464. The molecule has 0 spiro atoms. The van der Waals surface area contributed by atoms with E-state index in [0.717, 1.165) is 0 Å². The van der Waals surface area contributed by atoms with Gasteiger partial charge in [0.15, 0.2) is 0 Å². The van der Waals surface area contributed by atoms with Gasteiger partial charge in [-0.05, 0) is 35.5 Å². The third kappa shape index (κ3) is 7.48. The molecule has 110 valence electrons. The van der Waals surface area contributed by atoms with Crippen LogP contribution in [0.3, 0.4) is 0 Å². The van der Waals surface area contributed by atoms with Crippen molar-refractivity contribution in [2.75, 3.05) is 7.05 Å². The highest BCUT2D eigenvalue weighted by atomic mass is 79.9. The van der Waals surface area contributed by atoms with E-state index in [-0.39, 0.29) is 0 Å². The Bertz CT molecular complexity index is 324. The van der Waals surface area contributed by atoms with Crippen LogP contribution >= 0.6 is 27.3 Å². The largest absolute Gasteiger partial charge is 0.312 e. The molecule has 1 atom stereocenters. The van der Waals surface area contributed by atoms with Crippen LogP contribution in [0.2, 0.25) is 0 Å². The molecule has 1 heterocycles. The predicted octanol–water partition coefficient (Wildman–Crippen LogP) is 6.30. The molecule has 0 aliphatic rings. The number of thiophene rings is 1. The van der Waals surface area contributed by atoms with Gasteiger partial charge in [0, 0.05) is 20.8 Å². The van der Waals surface area contributed by atoms with Crippen LogP contribution < -0.4 is 5.32 Å². The smallest absolute Gasteiger partial charge is 0.0412 e. The summed E-state index contributed by atoms with van der Waals surface area (Å²) in [6, 6.07) is 2.78. The highest BCUT2D eigenvalue weighted by molar-refractivity contribution is 9.10. The molecule has 1 nitrogen and oxygen atoms in total. The van der Waals surface area contributed by atoms with Crippen LogP contribution in [0.4, 0.5) is 0 Å². The Labute approximate surface area is 131 Å². The molecule has 0 radical (unpaired) electrons. The maximum Gasteiger partial charge on any atom is 0.0412 e. The Morgan fingerprint density at radius 1 is 1.11 bits per heavy atom. The molecule has 0 saturated carbocycles. The van der Waals surface area contributed by atoms with Gasteiger partial charge in [-0.15, -0.1) is 11.3 Å². The normalized spacial score (nSPS) is 12.8. The van der Waals surface area contributed by atoms with E-state index in [2.05, 4.69) is 46.7 Å². The summed E-state index contributed by atoms with van der Waals surface area (Å²) in [7, 11) is 2.07. The van der Waals surface area contributed by atoms with Crippen LogP contribution in [0.15, 0.2) is 15.9 Å². The summed E-state index contributed by atoms with van der Waals surface area (Å²) in [5.74, 6) is 0. The fourth-order valence-corrected chi connectivity index (χ4v) is 4.01. The summed E-state index contributed by atoms with van der Waals surface area (Å²) in [5, 5.41) is 5.61. The first-order valence-electron chi connectivity index (χ1n) is 7.69. The number of hydrogen-bond acceptors (Lipinski definition) is 2. The topological polar surface area (TPSA) is 12.0 Å². The van der Waals surface area contributed by atoms with Crippen molar-refractivity contribution in [3.8, 4) is 0 Å². The van der Waals surface area contributed by atoms with Crippen LogP contribution in [0.1, 0.15) is 75.6 Å². The molecule has 0 fully saturated rings. The average Bonchev–Trinajstić information content (AvgIpc) is 2.83. The molecule has 0 aliphatic carbocycles. The van der Waals surface area contributed by atoms with Crippen molar-refractivity contribution in [3.05, 3.63) is 20.8 Å². The molecule has 0 amide bonds. The lowest BCUT2D eigenvalue weighted by atomic mass is 10.0. The molecule has 1 aromatic rings. The van der Waals surface area contributed by atoms with E-state index in [1.54, 1.807) is 0 Å². The second kappa shape index (κ2) is 10.9. The summed E-state index contributed by atoms with van der Waals surface area (Å²) >= 11 is 5.39. The van der Waals surface area contributed by atoms with Crippen molar-refractivity contribution in [2.45, 2.75) is 70.8 Å². The van der Waals surface area contributed by atoms with Crippen molar-refractivity contribution in [3.63, 3.8) is 0 Å². The summed E-state index contributed by atoms with van der Waals surface area (Å²) in [4.78, 5) is 1.46. The van der Waals surface area contributed by atoms with E-state index in [1.165, 1.54) is 67.1 Å². The number of nitrogens with one attached hydrogen (secondary N) is 1. The molecule has 0 aliphatic heterocycles. The highest BCUT2D eigenvalue weighted by Crippen LogP contribution is 2.28. The maximum absolute atomic E-state index is 3.54. The van der Waals surface area contributed by atoms with Crippen LogP contribution in [-0.4, -0.2) is 7.05 Å². The summed E-state index contributed by atoms with van der Waals surface area (Å²) in [6.07, 6.45) is 12.4. The Balaban J connectivity index is 2.07. The molecule has 0 aromatic carbocycles. The van der Waals surface area contributed by atoms with Crippen molar-refractivity contribution in [1.82, 2.24) is 5.32 Å². The molecular weight excluding hydrogens is 318 g/mol. The number of unbranched alkanes of at least 4 members (excludes halogenated alkanes) is 7. The first kappa shape index (κ1) is 17.2. The highest BCUT2D eigenvalue weighted by Gasteiger charge is 2.10. The standard InChI is InChI=1S/C16H28BrNS/c1-3-4-5-6-7-8-9-10-11-15(18-2)16-12-14(17)13-19-16/h12-13,15,18H,3-11H2,1-2H3. The molecule has 0 bridgehead atoms. The van der Waals surface area contributed by atoms with Crippen molar-refractivity contribution in [1.29, 1.82) is 0 Å². The average molecular weight is 346 g/mol. The zero-order valence-electron chi connectivity index (χ0n) is 12.4. The zero-order valence-corrected chi connectivity index (χ0v) is 14.8. The van der Waals surface area contributed by atoms with Crippen LogP contribution in [0.25, 0.3) is 0 Å². The Morgan fingerprint density at radius 3 is 2.26 bits per heavy atom. The van der Waals surface area contributed by atoms with Crippen molar-refractivity contribution < 1.29 is 0 Å². The fourth-order valence-electron chi connectivity index (χ4n) is 2.42. The number of rotatable bonds is 11. The summed E-state index contributed by atoms with van der Waals surface area (Å²) in [6.45, 7) is 2.28. The first-order valence-corrected chi connectivity index (χ1v) is 9.36. The fraction of sp³-hybridized carbons (Fsp3) is 0.750. The minimum absolute atomic E-state index is 0.538. The summed E-state index contributed by atoms with van der Waals surface area (Å²) in [5.41, 5.74) is 0. The Morgan fingerprint density at radius 2 is 1.74 bits per heavy atom. The lowest BCUT2D eigenvalue weighted by Gasteiger charge is -2.14. The molecule has 0 saturated heterocycles. The minimum atomic E-state index is 0.538. The van der Waals surface area contributed by atoms with Gasteiger partial charge in [-0.1, -0.05) is 58.3 Å². The van der Waals surface area contributed by atoms with E-state index in [1.807, 2.05) is 11.3 Å². The SMILES string of the molecule is CCCCCCCCCCC(NC)c1cc(Br)cs1. The lowest BCUT2D eigenvalue weighted by molar-refractivity contribution is 0.499. The van der Waals surface area contributed by atoms with Gasteiger partial charge in [-0.2, -0.15) is 0 Å². The molecule has 1 N–H and O–H groups in total. The van der Waals surface area contributed by atoms with E-state index in [9.17, 15) is 0 Å². The van der Waals surface area contributed by atoms with Gasteiger partial charge < -0.3 is 5.32 Å². The molecule has 19 heavy (non-hydrogen) atoms. The van der Waals surface area contributed by atoms with E-state index in [0.29, 0.717) is 6.04 Å². The Hall–Kier alpha value is 0.140. The predicted molar refractivity (Wildman–Crippen MR) is 91.0 cm³/mol. The van der Waals surface area contributed by atoms with Gasteiger partial charge in [0.2, 0.25) is 0 Å². The second-order valence-corrected chi connectivity index (χ2v) is 7.13. The van der Waals surface area contributed by atoms with Gasteiger partial charge in [0.25, 0.3) is 0 Å². The maximum atomic E-state index is 3.54. The van der Waals surface area contributed by atoms with Gasteiger partial charge in [-0.25, -0.2) is 0 Å². The third-order valence-electron chi connectivity index (χ3n) is 3.63. The molecule has 3 heteroatoms. The molecule has 1 rings (SSSR count). The van der Waals surface area contributed by atoms with Crippen molar-refractivity contribution >= 4 is 27.3 Å². The minimum Gasteiger partial charge on any atom is -0.312 e. The Kier molecular flexibility index (Phi) is 9.84. The summed E-state index contributed by atoms with van der Waals surface area (Å²) < 4.78 is 1.21. The number of halogens is 1. The monoisotopic (exact) mass is 345 g/mol. The second-order valence-electron chi connectivity index (χ2n) is 5.27. The van der Waals surface area contributed by atoms with E-state index < -0.39 is 0 Å². The van der Waals surface area contributed by atoms with Crippen LogP contribution in [-0.2, 0) is 0 Å². The van der Waals surface area contributed by atoms with Crippen LogP contribution in [0.5, 0.6) is 0 Å². The van der Waals surface area contributed by atoms with Gasteiger partial charge in [0.05, 0.1) is 0 Å². The first-order chi connectivity index (χ1) is 9.27. The molecular formula is C16H28BrNS.